The van der Waals surface area contributed by atoms with Crippen LogP contribution < -0.4 is 0 Å². The van der Waals surface area contributed by atoms with E-state index in [-0.39, 0.29) is 0 Å². The van der Waals surface area contributed by atoms with Gasteiger partial charge in [0.25, 0.3) is 0 Å². The van der Waals surface area contributed by atoms with E-state index < -0.39 is 0 Å². The van der Waals surface area contributed by atoms with E-state index in [4.69, 9.17) is 0 Å². The average molecular weight is 638 g/mol. The molecule has 0 aromatic carbocycles. The standard InChI is InChI=1S/C12H16S2Se2Te2/c17-10(3-7-5-13-7)9-1-2-15-12(16-9)11(18)4-8-6-14-8/h7-9,12H,1-6H2. The Labute approximate surface area is 157 Å². The summed E-state index contributed by atoms with van der Waals surface area (Å²) in [4.78, 5) is 1.03. The summed E-state index contributed by atoms with van der Waals surface area (Å²) in [6.45, 7) is 0. The Morgan fingerprint density at radius 1 is 1.06 bits per heavy atom. The summed E-state index contributed by atoms with van der Waals surface area (Å²) in [5.41, 5.74) is 0. The van der Waals surface area contributed by atoms with Crippen molar-refractivity contribution in [3.8, 4) is 0 Å². The fourth-order valence-electron chi connectivity index (χ4n) is 1.99. The molecule has 0 aromatic rings. The monoisotopic (exact) mass is 644 g/mol. The van der Waals surface area contributed by atoms with Crippen molar-refractivity contribution in [2.45, 2.75) is 43.6 Å². The number of rotatable bonds is 6. The van der Waals surface area contributed by atoms with Gasteiger partial charge in [-0.25, -0.2) is 0 Å². The van der Waals surface area contributed by atoms with Crippen LogP contribution >= 0.6 is 23.5 Å². The zero-order valence-corrected chi connectivity index (χ0v) is 19.7. The van der Waals surface area contributed by atoms with Gasteiger partial charge >= 0.3 is 159 Å². The summed E-state index contributed by atoms with van der Waals surface area (Å²) < 4.78 is 4.84. The summed E-state index contributed by atoms with van der Waals surface area (Å²) in [6.07, 6.45) is 4.43. The fourth-order valence-corrected chi connectivity index (χ4v) is 16.2. The number of hydrogen-bond donors (Lipinski definition) is 0. The van der Waals surface area contributed by atoms with Crippen LogP contribution in [-0.4, -0.2) is 103 Å². The third-order valence-corrected chi connectivity index (χ3v) is 18.5. The molecular formula is C12H16S2Se2Te2. The van der Waals surface area contributed by atoms with Gasteiger partial charge in [-0.05, 0) is 0 Å². The van der Waals surface area contributed by atoms with E-state index in [9.17, 15) is 0 Å². The quantitative estimate of drug-likeness (QED) is 0.320. The van der Waals surface area contributed by atoms with Gasteiger partial charge in [0, 0.05) is 0 Å². The third kappa shape index (κ3) is 5.06. The summed E-state index contributed by atoms with van der Waals surface area (Å²) in [5.74, 6) is 2.89. The first kappa shape index (κ1) is 15.9. The van der Waals surface area contributed by atoms with Gasteiger partial charge < -0.3 is 0 Å². The molecule has 4 unspecified atom stereocenters. The van der Waals surface area contributed by atoms with Crippen molar-refractivity contribution in [1.29, 1.82) is 0 Å². The first-order chi connectivity index (χ1) is 8.72. The van der Waals surface area contributed by atoms with Gasteiger partial charge in [-0.15, -0.1) is 0 Å². The van der Waals surface area contributed by atoms with Crippen LogP contribution in [0, 0.1) is 0 Å². The van der Waals surface area contributed by atoms with Crippen molar-refractivity contribution in [3.63, 3.8) is 0 Å². The molecule has 0 saturated carbocycles. The Morgan fingerprint density at radius 2 is 1.67 bits per heavy atom. The third-order valence-electron chi connectivity index (χ3n) is 3.22. The topological polar surface area (TPSA) is 0 Å². The van der Waals surface area contributed by atoms with Crippen LogP contribution in [0.5, 0.6) is 0 Å². The molecule has 0 radical (unpaired) electrons. The van der Waals surface area contributed by atoms with Gasteiger partial charge in [-0.2, -0.15) is 0 Å². The SMILES string of the molecule is [Te]=C(CC1CS1)C1CC[Se]C(C(=[Te])CC2CS2)[Se]1. The predicted octanol–water partition coefficient (Wildman–Crippen LogP) is 1.44. The Balaban J connectivity index is 1.50. The van der Waals surface area contributed by atoms with Crippen molar-refractivity contribution < 1.29 is 0 Å². The van der Waals surface area contributed by atoms with Crippen LogP contribution in [-0.2, 0) is 0 Å². The van der Waals surface area contributed by atoms with Gasteiger partial charge in [0.2, 0.25) is 0 Å². The van der Waals surface area contributed by atoms with Gasteiger partial charge in [0.15, 0.2) is 0 Å². The molecule has 6 heteroatoms. The maximum atomic E-state index is 2.40. The Hall–Kier alpha value is 3.06. The van der Waals surface area contributed by atoms with Crippen molar-refractivity contribution >= 4 is 104 Å². The zero-order chi connectivity index (χ0) is 12.5. The average Bonchev–Trinajstić information content (AvgIpc) is 3.25. The van der Waals surface area contributed by atoms with Crippen LogP contribution in [0.15, 0.2) is 0 Å². The first-order valence-electron chi connectivity index (χ1n) is 6.28. The second kappa shape index (κ2) is 7.55. The van der Waals surface area contributed by atoms with Crippen LogP contribution in [0.4, 0.5) is 0 Å². The molecule has 18 heavy (non-hydrogen) atoms. The molecular weight excluding hydrogens is 621 g/mol. The molecule has 0 aromatic heterocycles. The molecule has 0 bridgehead atoms. The van der Waals surface area contributed by atoms with Crippen molar-refractivity contribution in [2.24, 2.45) is 0 Å². The zero-order valence-electron chi connectivity index (χ0n) is 10.0. The van der Waals surface area contributed by atoms with Crippen LogP contribution in [0.2, 0.25) is 13.9 Å². The first-order valence-corrected chi connectivity index (χ1v) is 14.9. The van der Waals surface area contributed by atoms with Crippen LogP contribution in [0.25, 0.3) is 0 Å². The number of hydrogen-bond acceptors (Lipinski definition) is 2. The van der Waals surface area contributed by atoms with E-state index in [1.165, 1.54) is 30.8 Å². The molecule has 0 nitrogen and oxygen atoms in total. The molecule has 3 fully saturated rings. The Morgan fingerprint density at radius 3 is 2.28 bits per heavy atom. The molecule has 3 heterocycles. The van der Waals surface area contributed by atoms with Crippen molar-refractivity contribution in [1.82, 2.24) is 0 Å². The maximum absolute atomic E-state index is 2.40. The second-order valence-electron chi connectivity index (χ2n) is 4.87. The molecule has 4 atom stereocenters. The van der Waals surface area contributed by atoms with E-state index in [0.717, 1.165) is 48.9 Å². The van der Waals surface area contributed by atoms with Crippen molar-refractivity contribution in [3.05, 3.63) is 0 Å². The summed E-state index contributed by atoms with van der Waals surface area (Å²) in [7, 11) is 0. The van der Waals surface area contributed by atoms with Gasteiger partial charge in [-0.1, -0.05) is 0 Å². The van der Waals surface area contributed by atoms with Crippen molar-refractivity contribution in [2.75, 3.05) is 11.5 Å². The van der Waals surface area contributed by atoms with Gasteiger partial charge in [0.05, 0.1) is 0 Å². The van der Waals surface area contributed by atoms with Crippen LogP contribution in [0.3, 0.4) is 0 Å². The van der Waals surface area contributed by atoms with E-state index >= 15 is 0 Å². The summed E-state index contributed by atoms with van der Waals surface area (Å²) in [6, 6.07) is 0. The minimum atomic E-state index is 0.899. The molecule has 3 rings (SSSR count). The van der Waals surface area contributed by atoms with Gasteiger partial charge in [0.1, 0.15) is 0 Å². The normalized spacial score (nSPS) is 38.2. The minimum absolute atomic E-state index is 0.899. The van der Waals surface area contributed by atoms with E-state index in [1.807, 2.05) is 7.10 Å². The van der Waals surface area contributed by atoms with E-state index in [0.29, 0.717) is 0 Å². The van der Waals surface area contributed by atoms with Gasteiger partial charge in [-0.3, -0.25) is 0 Å². The molecule has 0 spiro atoms. The van der Waals surface area contributed by atoms with E-state index in [2.05, 4.69) is 67.2 Å². The number of thioether (sulfide) groups is 2. The molecule has 0 amide bonds. The predicted molar refractivity (Wildman–Crippen MR) is 91.7 cm³/mol. The summed E-state index contributed by atoms with van der Waals surface area (Å²) >= 11 is 11.0. The van der Waals surface area contributed by atoms with Crippen LogP contribution in [0.1, 0.15) is 19.3 Å². The molecule has 100 valence electrons. The van der Waals surface area contributed by atoms with E-state index in [1.54, 1.807) is 5.32 Å². The second-order valence-corrected chi connectivity index (χ2v) is 17.3. The Kier molecular flexibility index (Phi) is 6.69. The molecule has 0 N–H and O–H groups in total. The molecule has 3 aliphatic heterocycles. The fraction of sp³-hybridized carbons (Fsp3) is 0.833. The molecule has 3 aliphatic rings. The molecule has 0 aliphatic carbocycles. The molecule has 3 saturated heterocycles. The Bertz CT molecular complexity index is 324. The summed E-state index contributed by atoms with van der Waals surface area (Å²) in [5, 5.41) is 3.59.